The Hall–Kier alpha value is -0.790. The molecule has 0 fully saturated rings. The molecule has 0 spiro atoms. The molecule has 0 saturated carbocycles. The largest absolute Gasteiger partial charge is 0.330 e. The molecule has 0 aliphatic heterocycles. The lowest BCUT2D eigenvalue weighted by atomic mass is 10.3. The number of nitrogens with one attached hydrogen (secondary N) is 1. The number of hydrogen-bond donors (Lipinski definition) is 2. The van der Waals surface area contributed by atoms with Crippen LogP contribution >= 0.6 is 31.9 Å². The number of nitrogens with zero attached hydrogens (tertiary/aromatic N) is 3. The third-order valence-electron chi connectivity index (χ3n) is 1.93. The normalized spacial score (nSPS) is 10.7. The second-order valence-electron chi connectivity index (χ2n) is 3.13. The fourth-order valence-electron chi connectivity index (χ4n) is 1.23. The fourth-order valence-corrected chi connectivity index (χ4v) is 2.39. The first kappa shape index (κ1) is 11.7. The molecule has 0 amide bonds. The maximum Gasteiger partial charge on any atom is 0.200 e. The van der Waals surface area contributed by atoms with Crippen molar-refractivity contribution in [3.05, 3.63) is 27.0 Å². The van der Waals surface area contributed by atoms with Crippen molar-refractivity contribution in [3.63, 3.8) is 0 Å². The number of aromatic nitrogens is 4. The summed E-state index contributed by atoms with van der Waals surface area (Å²) >= 11 is 6.76. The van der Waals surface area contributed by atoms with Crippen molar-refractivity contribution >= 4 is 31.9 Å². The molecule has 2 heterocycles. The zero-order valence-electron chi connectivity index (χ0n) is 8.24. The third kappa shape index (κ3) is 2.47. The topological polar surface area (TPSA) is 80.5 Å². The van der Waals surface area contributed by atoms with E-state index in [-0.39, 0.29) is 0 Å². The van der Waals surface area contributed by atoms with E-state index in [1.54, 1.807) is 6.20 Å². The molecule has 84 valence electrons. The standard InChI is InChI=1S/C9H9Br2N5/c10-5-3-6(11)8(13-4-5)9-14-7(1-2-12)15-16-9/h3-4H,1-2,12H2,(H,14,15,16). The van der Waals surface area contributed by atoms with Gasteiger partial charge in [0.25, 0.3) is 0 Å². The lowest BCUT2D eigenvalue weighted by Gasteiger charge is -1.98. The molecule has 2 aromatic rings. The van der Waals surface area contributed by atoms with Gasteiger partial charge >= 0.3 is 0 Å². The van der Waals surface area contributed by atoms with Crippen LogP contribution in [0.5, 0.6) is 0 Å². The molecule has 2 aromatic heterocycles. The molecule has 0 aromatic carbocycles. The van der Waals surface area contributed by atoms with Gasteiger partial charge in [-0.1, -0.05) is 0 Å². The summed E-state index contributed by atoms with van der Waals surface area (Å²) in [5.74, 6) is 1.34. The summed E-state index contributed by atoms with van der Waals surface area (Å²) < 4.78 is 1.75. The Kier molecular flexibility index (Phi) is 3.67. The molecular formula is C9H9Br2N5. The molecule has 2 rings (SSSR count). The zero-order chi connectivity index (χ0) is 11.5. The van der Waals surface area contributed by atoms with Crippen molar-refractivity contribution in [2.75, 3.05) is 6.54 Å². The van der Waals surface area contributed by atoms with Gasteiger partial charge in [0.2, 0.25) is 5.82 Å². The van der Waals surface area contributed by atoms with Crippen molar-refractivity contribution in [2.24, 2.45) is 5.73 Å². The van der Waals surface area contributed by atoms with Crippen LogP contribution in [0.15, 0.2) is 21.2 Å². The summed E-state index contributed by atoms with van der Waals surface area (Å²) in [4.78, 5) is 8.56. The van der Waals surface area contributed by atoms with Crippen molar-refractivity contribution in [3.8, 4) is 11.5 Å². The summed E-state index contributed by atoms with van der Waals surface area (Å²) in [5, 5.41) is 6.93. The Morgan fingerprint density at radius 3 is 2.88 bits per heavy atom. The first-order valence-electron chi connectivity index (χ1n) is 4.63. The second kappa shape index (κ2) is 5.03. The van der Waals surface area contributed by atoms with E-state index in [0.29, 0.717) is 24.5 Å². The number of rotatable bonds is 3. The van der Waals surface area contributed by atoms with Crippen molar-refractivity contribution < 1.29 is 0 Å². The van der Waals surface area contributed by atoms with Gasteiger partial charge < -0.3 is 5.73 Å². The number of pyridine rings is 1. The van der Waals surface area contributed by atoms with E-state index in [1.165, 1.54) is 0 Å². The predicted octanol–water partition coefficient (Wildman–Crippen LogP) is 1.89. The van der Waals surface area contributed by atoms with Gasteiger partial charge in [0.05, 0.1) is 0 Å². The van der Waals surface area contributed by atoms with Crippen molar-refractivity contribution in [1.82, 2.24) is 20.2 Å². The molecule has 0 unspecified atom stereocenters. The zero-order valence-corrected chi connectivity index (χ0v) is 11.4. The summed E-state index contributed by atoms with van der Waals surface area (Å²) in [5.41, 5.74) is 6.15. The molecule has 7 heteroatoms. The second-order valence-corrected chi connectivity index (χ2v) is 4.90. The van der Waals surface area contributed by atoms with Gasteiger partial charge in [0, 0.05) is 21.6 Å². The van der Waals surface area contributed by atoms with Crippen LogP contribution in [0.4, 0.5) is 0 Å². The molecule has 0 bridgehead atoms. The minimum absolute atomic E-state index is 0.545. The minimum atomic E-state index is 0.545. The number of nitrogens with two attached hydrogens (primary N) is 1. The Morgan fingerprint density at radius 2 is 2.19 bits per heavy atom. The van der Waals surface area contributed by atoms with Gasteiger partial charge in [0.15, 0.2) is 0 Å². The van der Waals surface area contributed by atoms with Gasteiger partial charge in [-0.3, -0.25) is 10.1 Å². The number of halogens is 2. The highest BCUT2D eigenvalue weighted by molar-refractivity contribution is 9.11. The lowest BCUT2D eigenvalue weighted by molar-refractivity contribution is 0.874. The average Bonchev–Trinajstić information content (AvgIpc) is 2.67. The third-order valence-corrected chi connectivity index (χ3v) is 2.97. The van der Waals surface area contributed by atoms with E-state index in [9.17, 15) is 0 Å². The van der Waals surface area contributed by atoms with Gasteiger partial charge in [-0.05, 0) is 44.5 Å². The summed E-state index contributed by atoms with van der Waals surface area (Å²) in [7, 11) is 0. The molecule has 5 nitrogen and oxygen atoms in total. The van der Waals surface area contributed by atoms with Gasteiger partial charge in [-0.15, -0.1) is 0 Å². The predicted molar refractivity (Wildman–Crippen MR) is 67.8 cm³/mol. The molecule has 0 aliphatic carbocycles. The molecule has 16 heavy (non-hydrogen) atoms. The quantitative estimate of drug-likeness (QED) is 0.889. The van der Waals surface area contributed by atoms with Gasteiger partial charge in [-0.2, -0.15) is 5.10 Å². The van der Waals surface area contributed by atoms with Crippen LogP contribution in [-0.2, 0) is 6.42 Å². The molecule has 0 atom stereocenters. The van der Waals surface area contributed by atoms with Crippen LogP contribution in [0.3, 0.4) is 0 Å². The van der Waals surface area contributed by atoms with Crippen LogP contribution < -0.4 is 5.73 Å². The first-order valence-corrected chi connectivity index (χ1v) is 6.22. The summed E-state index contributed by atoms with van der Waals surface area (Å²) in [6.45, 7) is 0.545. The number of H-pyrrole nitrogens is 1. The van der Waals surface area contributed by atoms with E-state index in [4.69, 9.17) is 5.73 Å². The number of hydrogen-bond acceptors (Lipinski definition) is 4. The van der Waals surface area contributed by atoms with Crippen LogP contribution in [0, 0.1) is 0 Å². The van der Waals surface area contributed by atoms with E-state index in [1.807, 2.05) is 6.07 Å². The lowest BCUT2D eigenvalue weighted by Crippen LogP contribution is -2.03. The Morgan fingerprint density at radius 1 is 1.38 bits per heavy atom. The number of aromatic amines is 1. The molecule has 0 aliphatic rings. The van der Waals surface area contributed by atoms with E-state index in [0.717, 1.165) is 14.8 Å². The maximum atomic E-state index is 5.44. The van der Waals surface area contributed by atoms with Gasteiger partial charge in [-0.25, -0.2) is 4.98 Å². The molecule has 0 saturated heterocycles. The average molecular weight is 347 g/mol. The molecule has 3 N–H and O–H groups in total. The fraction of sp³-hybridized carbons (Fsp3) is 0.222. The smallest absolute Gasteiger partial charge is 0.200 e. The Balaban J connectivity index is 2.35. The van der Waals surface area contributed by atoms with Crippen LogP contribution in [0.25, 0.3) is 11.5 Å². The summed E-state index contributed by atoms with van der Waals surface area (Å²) in [6.07, 6.45) is 2.39. The highest BCUT2D eigenvalue weighted by atomic mass is 79.9. The Labute approximate surface area is 109 Å². The highest BCUT2D eigenvalue weighted by Gasteiger charge is 2.10. The SMILES string of the molecule is NCCc1nc(-c2ncc(Br)cc2Br)n[nH]1. The van der Waals surface area contributed by atoms with Crippen molar-refractivity contribution in [1.29, 1.82) is 0 Å². The van der Waals surface area contributed by atoms with E-state index >= 15 is 0 Å². The Bertz CT molecular complexity index is 496. The first-order chi connectivity index (χ1) is 7.70. The summed E-state index contributed by atoms with van der Waals surface area (Å²) in [6, 6.07) is 1.90. The van der Waals surface area contributed by atoms with Crippen LogP contribution in [0.1, 0.15) is 5.82 Å². The maximum absolute atomic E-state index is 5.44. The van der Waals surface area contributed by atoms with Gasteiger partial charge in [0.1, 0.15) is 11.5 Å². The minimum Gasteiger partial charge on any atom is -0.330 e. The monoisotopic (exact) mass is 345 g/mol. The molecule has 0 radical (unpaired) electrons. The van der Waals surface area contributed by atoms with Crippen LogP contribution in [0.2, 0.25) is 0 Å². The van der Waals surface area contributed by atoms with E-state index < -0.39 is 0 Å². The molecular weight excluding hydrogens is 338 g/mol. The van der Waals surface area contributed by atoms with E-state index in [2.05, 4.69) is 52.0 Å². The van der Waals surface area contributed by atoms with Crippen LogP contribution in [-0.4, -0.2) is 26.7 Å². The van der Waals surface area contributed by atoms with Crippen molar-refractivity contribution in [2.45, 2.75) is 6.42 Å². The highest BCUT2D eigenvalue weighted by Crippen LogP contribution is 2.25.